The molecule has 1 aromatic heterocycles. The molecule has 19 heavy (non-hydrogen) atoms. The molecule has 104 valence electrons. The highest BCUT2D eigenvalue weighted by molar-refractivity contribution is 5.96. The summed E-state index contributed by atoms with van der Waals surface area (Å²) in [6.07, 6.45) is 2.05. The average Bonchev–Trinajstić information content (AvgIpc) is 2.87. The summed E-state index contributed by atoms with van der Waals surface area (Å²) in [7, 11) is 1.44. The summed E-state index contributed by atoms with van der Waals surface area (Å²) in [6, 6.07) is 3.04. The van der Waals surface area contributed by atoms with Crippen molar-refractivity contribution in [1.82, 2.24) is 4.90 Å². The zero-order valence-electron chi connectivity index (χ0n) is 11.0. The number of aliphatic carboxylic acids is 1. The minimum absolute atomic E-state index is 0.103. The van der Waals surface area contributed by atoms with Gasteiger partial charge in [0.25, 0.3) is 11.9 Å². The molecular weight excluding hydrogens is 250 g/mol. The average molecular weight is 267 g/mol. The van der Waals surface area contributed by atoms with Gasteiger partial charge in [0.1, 0.15) is 5.54 Å². The molecule has 0 saturated carbocycles. The fraction of sp³-hybridized carbons (Fsp3) is 0.538. The quantitative estimate of drug-likeness (QED) is 0.902. The fourth-order valence-corrected chi connectivity index (χ4v) is 2.35. The van der Waals surface area contributed by atoms with E-state index in [-0.39, 0.29) is 11.7 Å². The lowest BCUT2D eigenvalue weighted by Gasteiger charge is -2.41. The lowest BCUT2D eigenvalue weighted by molar-refractivity contribution is -0.150. The van der Waals surface area contributed by atoms with Crippen LogP contribution in [0.5, 0.6) is 5.95 Å². The maximum absolute atomic E-state index is 12.4. The van der Waals surface area contributed by atoms with E-state index in [0.29, 0.717) is 13.0 Å². The van der Waals surface area contributed by atoms with E-state index in [0.717, 1.165) is 12.8 Å². The molecule has 0 radical (unpaired) electrons. The zero-order valence-corrected chi connectivity index (χ0v) is 11.0. The van der Waals surface area contributed by atoms with Crippen LogP contribution in [-0.2, 0) is 4.79 Å². The first-order valence-corrected chi connectivity index (χ1v) is 6.18. The molecule has 1 fully saturated rings. The second-order valence-corrected chi connectivity index (χ2v) is 4.82. The molecule has 1 saturated heterocycles. The molecule has 1 aliphatic heterocycles. The second-order valence-electron chi connectivity index (χ2n) is 4.82. The summed E-state index contributed by atoms with van der Waals surface area (Å²) >= 11 is 0. The van der Waals surface area contributed by atoms with Crippen molar-refractivity contribution in [2.24, 2.45) is 0 Å². The number of furan rings is 1. The Bertz CT molecular complexity index is 495. The summed E-state index contributed by atoms with van der Waals surface area (Å²) in [5, 5.41) is 9.37. The van der Waals surface area contributed by atoms with Crippen molar-refractivity contribution in [3.8, 4) is 5.95 Å². The Balaban J connectivity index is 2.27. The smallest absolute Gasteiger partial charge is 0.329 e. The van der Waals surface area contributed by atoms with E-state index in [4.69, 9.17) is 9.15 Å². The van der Waals surface area contributed by atoms with Crippen LogP contribution in [0.2, 0.25) is 0 Å². The predicted octanol–water partition coefficient (Wildman–Crippen LogP) is 1.76. The van der Waals surface area contributed by atoms with E-state index in [1.54, 1.807) is 6.92 Å². The fourth-order valence-electron chi connectivity index (χ4n) is 2.35. The van der Waals surface area contributed by atoms with Crippen LogP contribution in [-0.4, -0.2) is 41.1 Å². The first kappa shape index (κ1) is 13.5. The number of carboxylic acids is 1. The highest BCUT2D eigenvalue weighted by atomic mass is 16.6. The van der Waals surface area contributed by atoms with Crippen LogP contribution in [0, 0.1) is 0 Å². The van der Waals surface area contributed by atoms with Gasteiger partial charge in [0.15, 0.2) is 5.76 Å². The van der Waals surface area contributed by atoms with Crippen LogP contribution in [0.1, 0.15) is 36.7 Å². The minimum atomic E-state index is -1.17. The molecule has 1 N–H and O–H groups in total. The molecule has 0 aromatic carbocycles. The minimum Gasteiger partial charge on any atom is -0.480 e. The maximum Gasteiger partial charge on any atom is 0.329 e. The van der Waals surface area contributed by atoms with Gasteiger partial charge in [-0.05, 0) is 32.3 Å². The lowest BCUT2D eigenvalue weighted by Crippen LogP contribution is -2.57. The van der Waals surface area contributed by atoms with E-state index in [2.05, 4.69) is 0 Å². The van der Waals surface area contributed by atoms with Crippen molar-refractivity contribution in [2.45, 2.75) is 31.7 Å². The Morgan fingerprint density at radius 1 is 1.42 bits per heavy atom. The Hall–Kier alpha value is -1.98. The summed E-state index contributed by atoms with van der Waals surface area (Å²) < 4.78 is 10.1. The number of nitrogens with zero attached hydrogens (tertiary/aromatic N) is 1. The van der Waals surface area contributed by atoms with Gasteiger partial charge in [0.05, 0.1) is 7.11 Å². The molecule has 2 rings (SSSR count). The van der Waals surface area contributed by atoms with Crippen LogP contribution in [0.3, 0.4) is 0 Å². The van der Waals surface area contributed by atoms with Crippen molar-refractivity contribution in [3.05, 3.63) is 17.9 Å². The van der Waals surface area contributed by atoms with Crippen molar-refractivity contribution in [1.29, 1.82) is 0 Å². The summed E-state index contributed by atoms with van der Waals surface area (Å²) in [5.41, 5.74) is -1.17. The molecule has 1 aliphatic rings. The number of ether oxygens (including phenoxy) is 1. The van der Waals surface area contributed by atoms with E-state index >= 15 is 0 Å². The van der Waals surface area contributed by atoms with Crippen LogP contribution in [0.25, 0.3) is 0 Å². The maximum atomic E-state index is 12.4. The SMILES string of the molecule is COc1ccc(C(=O)N2CCCC[C@]2(C)C(=O)O)o1. The number of amides is 1. The Morgan fingerprint density at radius 3 is 2.74 bits per heavy atom. The number of methoxy groups -OCH3 is 1. The third-order valence-electron chi connectivity index (χ3n) is 3.59. The first-order chi connectivity index (χ1) is 8.99. The molecule has 1 aromatic rings. The largest absolute Gasteiger partial charge is 0.480 e. The standard InChI is InChI=1S/C13H17NO5/c1-13(12(16)17)7-3-4-8-14(13)11(15)9-5-6-10(18-2)19-9/h5-6H,3-4,7-8H2,1-2H3,(H,16,17)/t13-/m1/s1. The van der Waals surface area contributed by atoms with E-state index in [1.165, 1.54) is 24.1 Å². The van der Waals surface area contributed by atoms with E-state index < -0.39 is 17.4 Å². The molecule has 0 spiro atoms. The van der Waals surface area contributed by atoms with Gasteiger partial charge in [0, 0.05) is 12.6 Å². The lowest BCUT2D eigenvalue weighted by atomic mass is 9.88. The van der Waals surface area contributed by atoms with Crippen molar-refractivity contribution >= 4 is 11.9 Å². The van der Waals surface area contributed by atoms with Crippen LogP contribution < -0.4 is 4.74 Å². The molecule has 0 unspecified atom stereocenters. The normalized spacial score (nSPS) is 23.2. The molecule has 6 nitrogen and oxygen atoms in total. The third-order valence-corrected chi connectivity index (χ3v) is 3.59. The number of carbonyl (C=O) groups is 2. The number of rotatable bonds is 3. The number of carbonyl (C=O) groups excluding carboxylic acids is 1. The number of likely N-dealkylation sites (tertiary alicyclic amines) is 1. The molecule has 1 atom stereocenters. The second kappa shape index (κ2) is 4.95. The first-order valence-electron chi connectivity index (χ1n) is 6.18. The number of piperidine rings is 1. The number of hydrogen-bond acceptors (Lipinski definition) is 4. The number of hydrogen-bond donors (Lipinski definition) is 1. The predicted molar refractivity (Wildman–Crippen MR) is 66.2 cm³/mol. The third kappa shape index (κ3) is 2.30. The molecule has 1 amide bonds. The summed E-state index contributed by atoms with van der Waals surface area (Å²) in [4.78, 5) is 25.2. The van der Waals surface area contributed by atoms with Gasteiger partial charge >= 0.3 is 5.97 Å². The van der Waals surface area contributed by atoms with Gasteiger partial charge in [-0.1, -0.05) is 0 Å². The van der Waals surface area contributed by atoms with E-state index in [1.807, 2.05) is 0 Å². The zero-order chi connectivity index (χ0) is 14.0. The molecule has 2 heterocycles. The summed E-state index contributed by atoms with van der Waals surface area (Å²) in [6.45, 7) is 2.00. The van der Waals surface area contributed by atoms with Crippen LogP contribution >= 0.6 is 0 Å². The highest BCUT2D eigenvalue weighted by Gasteiger charge is 2.44. The highest BCUT2D eigenvalue weighted by Crippen LogP contribution is 2.30. The Kier molecular flexibility index (Phi) is 3.50. The molecular formula is C13H17NO5. The van der Waals surface area contributed by atoms with Gasteiger partial charge in [-0.15, -0.1) is 0 Å². The molecule has 0 bridgehead atoms. The topological polar surface area (TPSA) is 80.0 Å². The molecule has 0 aliphatic carbocycles. The Morgan fingerprint density at radius 2 is 2.16 bits per heavy atom. The van der Waals surface area contributed by atoms with Gasteiger partial charge in [-0.25, -0.2) is 4.79 Å². The van der Waals surface area contributed by atoms with Crippen LogP contribution in [0.15, 0.2) is 16.5 Å². The monoisotopic (exact) mass is 267 g/mol. The van der Waals surface area contributed by atoms with Crippen LogP contribution in [0.4, 0.5) is 0 Å². The molecule has 6 heteroatoms. The Labute approximate surface area is 110 Å². The van der Waals surface area contributed by atoms with Gasteiger partial charge in [-0.3, -0.25) is 4.79 Å². The van der Waals surface area contributed by atoms with Gasteiger partial charge in [0.2, 0.25) is 0 Å². The van der Waals surface area contributed by atoms with Crippen molar-refractivity contribution < 1.29 is 23.8 Å². The van der Waals surface area contributed by atoms with Crippen molar-refractivity contribution in [2.75, 3.05) is 13.7 Å². The van der Waals surface area contributed by atoms with Crippen molar-refractivity contribution in [3.63, 3.8) is 0 Å². The summed E-state index contributed by atoms with van der Waals surface area (Å²) in [5.74, 6) is -1.06. The number of carboxylic acid groups (broad SMARTS) is 1. The van der Waals surface area contributed by atoms with Gasteiger partial charge in [-0.2, -0.15) is 0 Å². The van der Waals surface area contributed by atoms with Gasteiger partial charge < -0.3 is 19.2 Å². The van der Waals surface area contributed by atoms with E-state index in [9.17, 15) is 14.7 Å².